The first-order valence-electron chi connectivity index (χ1n) is 3.61. The fourth-order valence-electron chi connectivity index (χ4n) is 0.943. The van der Waals surface area contributed by atoms with E-state index in [0.29, 0.717) is 6.42 Å². The molecule has 0 aliphatic heterocycles. The second kappa shape index (κ2) is 4.30. The number of halogens is 1. The fourth-order valence-corrected chi connectivity index (χ4v) is 1.36. The maximum Gasteiger partial charge on any atom is 0.0899 e. The monoisotopic (exact) mass is 224 g/mol. The molecule has 62 valence electrons. The number of hydrogen-bond donors (Lipinski definition) is 1. The maximum absolute atomic E-state index is 9.48. The van der Waals surface area contributed by atoms with E-state index in [0.717, 1.165) is 10.0 Å². The van der Waals surface area contributed by atoms with Crippen LogP contribution >= 0.6 is 15.9 Å². The van der Waals surface area contributed by atoms with Crippen LogP contribution in [0.4, 0.5) is 0 Å². The molecule has 0 saturated heterocycles. The topological polar surface area (TPSA) is 20.2 Å². The highest BCUT2D eigenvalue weighted by molar-refractivity contribution is 9.10. The second-order valence-electron chi connectivity index (χ2n) is 2.48. The van der Waals surface area contributed by atoms with Gasteiger partial charge in [0.05, 0.1) is 6.10 Å². The van der Waals surface area contributed by atoms with Crippen LogP contribution in [0, 0.1) is 12.3 Å². The SMILES string of the molecule is C#CCC(O)c1cccc(Br)c1. The lowest BCUT2D eigenvalue weighted by atomic mass is 10.1. The average molecular weight is 225 g/mol. The third kappa shape index (κ3) is 2.37. The smallest absolute Gasteiger partial charge is 0.0899 e. The highest BCUT2D eigenvalue weighted by Gasteiger charge is 2.04. The van der Waals surface area contributed by atoms with Crippen LogP contribution in [0.2, 0.25) is 0 Å². The Morgan fingerprint density at radius 2 is 2.33 bits per heavy atom. The Labute approximate surface area is 80.6 Å². The van der Waals surface area contributed by atoms with Gasteiger partial charge in [-0.3, -0.25) is 0 Å². The minimum atomic E-state index is -0.549. The van der Waals surface area contributed by atoms with Gasteiger partial charge in [-0.2, -0.15) is 0 Å². The lowest BCUT2D eigenvalue weighted by Gasteiger charge is -2.06. The number of rotatable bonds is 2. The molecule has 0 aliphatic rings. The van der Waals surface area contributed by atoms with Crippen LogP contribution < -0.4 is 0 Å². The van der Waals surface area contributed by atoms with Gasteiger partial charge in [-0.15, -0.1) is 12.3 Å². The Bertz CT molecular complexity index is 301. The number of aliphatic hydroxyl groups is 1. The predicted octanol–water partition coefficient (Wildman–Crippen LogP) is 2.51. The summed E-state index contributed by atoms with van der Waals surface area (Å²) in [5, 5.41) is 9.48. The number of aliphatic hydroxyl groups excluding tert-OH is 1. The molecule has 1 nitrogen and oxygen atoms in total. The summed E-state index contributed by atoms with van der Waals surface area (Å²) in [7, 11) is 0. The normalized spacial score (nSPS) is 12.1. The summed E-state index contributed by atoms with van der Waals surface area (Å²) < 4.78 is 0.955. The van der Waals surface area contributed by atoms with E-state index in [1.807, 2.05) is 24.3 Å². The largest absolute Gasteiger partial charge is 0.387 e. The van der Waals surface area contributed by atoms with Gasteiger partial charge in [0.1, 0.15) is 0 Å². The Morgan fingerprint density at radius 3 is 2.92 bits per heavy atom. The van der Waals surface area contributed by atoms with Crippen molar-refractivity contribution in [3.63, 3.8) is 0 Å². The summed E-state index contributed by atoms with van der Waals surface area (Å²) in [6.45, 7) is 0. The van der Waals surface area contributed by atoms with Gasteiger partial charge in [-0.1, -0.05) is 28.1 Å². The van der Waals surface area contributed by atoms with Crippen molar-refractivity contribution in [2.75, 3.05) is 0 Å². The molecule has 0 aliphatic carbocycles. The summed E-state index contributed by atoms with van der Waals surface area (Å²) >= 11 is 3.32. The molecule has 12 heavy (non-hydrogen) atoms. The van der Waals surface area contributed by atoms with Crippen LogP contribution in [0.5, 0.6) is 0 Å². The molecule has 2 heteroatoms. The van der Waals surface area contributed by atoms with Gasteiger partial charge in [-0.25, -0.2) is 0 Å². The fraction of sp³-hybridized carbons (Fsp3) is 0.200. The van der Waals surface area contributed by atoms with Crippen molar-refractivity contribution in [2.45, 2.75) is 12.5 Å². The van der Waals surface area contributed by atoms with Gasteiger partial charge in [0.2, 0.25) is 0 Å². The molecule has 1 unspecified atom stereocenters. The van der Waals surface area contributed by atoms with Crippen molar-refractivity contribution in [3.8, 4) is 12.3 Å². The van der Waals surface area contributed by atoms with E-state index < -0.39 is 6.10 Å². The molecule has 1 aromatic rings. The molecule has 1 N–H and O–H groups in total. The number of terminal acetylenes is 1. The maximum atomic E-state index is 9.48. The van der Waals surface area contributed by atoms with Crippen LogP contribution in [0.3, 0.4) is 0 Å². The third-order valence-corrected chi connectivity index (χ3v) is 2.04. The van der Waals surface area contributed by atoms with Crippen molar-refractivity contribution >= 4 is 15.9 Å². The summed E-state index contributed by atoms with van der Waals surface area (Å²) in [5.41, 5.74) is 0.849. The van der Waals surface area contributed by atoms with Crippen molar-refractivity contribution in [1.29, 1.82) is 0 Å². The molecule has 1 atom stereocenters. The highest BCUT2D eigenvalue weighted by atomic mass is 79.9. The van der Waals surface area contributed by atoms with Crippen LogP contribution in [0.1, 0.15) is 18.1 Å². The predicted molar refractivity (Wildman–Crippen MR) is 52.6 cm³/mol. The molecule has 0 bridgehead atoms. The average Bonchev–Trinajstić information content (AvgIpc) is 2.05. The molecule has 0 fully saturated rings. The van der Waals surface area contributed by atoms with Crippen LogP contribution in [-0.4, -0.2) is 5.11 Å². The van der Waals surface area contributed by atoms with Crippen molar-refractivity contribution in [3.05, 3.63) is 34.3 Å². The zero-order valence-corrected chi connectivity index (χ0v) is 8.08. The van der Waals surface area contributed by atoms with E-state index >= 15 is 0 Å². The van der Waals surface area contributed by atoms with Gasteiger partial charge in [0, 0.05) is 10.9 Å². The zero-order chi connectivity index (χ0) is 8.97. The van der Waals surface area contributed by atoms with Crippen molar-refractivity contribution in [2.24, 2.45) is 0 Å². The molecule has 0 heterocycles. The van der Waals surface area contributed by atoms with Gasteiger partial charge >= 0.3 is 0 Å². The van der Waals surface area contributed by atoms with E-state index in [1.165, 1.54) is 0 Å². The third-order valence-electron chi connectivity index (χ3n) is 1.54. The number of hydrogen-bond acceptors (Lipinski definition) is 1. The summed E-state index contributed by atoms with van der Waals surface area (Å²) in [4.78, 5) is 0. The first-order valence-corrected chi connectivity index (χ1v) is 4.40. The summed E-state index contributed by atoms with van der Waals surface area (Å²) in [6.07, 6.45) is 4.89. The minimum absolute atomic E-state index is 0.358. The zero-order valence-electron chi connectivity index (χ0n) is 6.50. The van der Waals surface area contributed by atoms with E-state index in [9.17, 15) is 5.11 Å². The van der Waals surface area contributed by atoms with Gasteiger partial charge in [0.25, 0.3) is 0 Å². The van der Waals surface area contributed by atoms with E-state index in [2.05, 4.69) is 21.9 Å². The Morgan fingerprint density at radius 1 is 1.58 bits per heavy atom. The van der Waals surface area contributed by atoms with Gasteiger partial charge in [-0.05, 0) is 17.7 Å². The summed E-state index contributed by atoms with van der Waals surface area (Å²) in [6, 6.07) is 7.50. The molecule has 0 amide bonds. The molecule has 1 aromatic carbocycles. The molecule has 0 spiro atoms. The lowest BCUT2D eigenvalue weighted by molar-refractivity contribution is 0.184. The molecular formula is C10H9BrO. The first-order chi connectivity index (χ1) is 5.74. The van der Waals surface area contributed by atoms with Crippen LogP contribution in [0.25, 0.3) is 0 Å². The van der Waals surface area contributed by atoms with E-state index in [1.54, 1.807) is 0 Å². The molecular weight excluding hydrogens is 216 g/mol. The van der Waals surface area contributed by atoms with E-state index in [4.69, 9.17) is 6.42 Å². The van der Waals surface area contributed by atoms with Gasteiger partial charge in [0.15, 0.2) is 0 Å². The standard InChI is InChI=1S/C10H9BrO/c1-2-4-10(12)8-5-3-6-9(11)7-8/h1,3,5-7,10,12H,4H2. The van der Waals surface area contributed by atoms with E-state index in [-0.39, 0.29) is 0 Å². The molecule has 0 aromatic heterocycles. The lowest BCUT2D eigenvalue weighted by Crippen LogP contribution is -1.94. The Kier molecular flexibility index (Phi) is 3.33. The van der Waals surface area contributed by atoms with Gasteiger partial charge < -0.3 is 5.11 Å². The Hall–Kier alpha value is -0.780. The minimum Gasteiger partial charge on any atom is -0.387 e. The second-order valence-corrected chi connectivity index (χ2v) is 3.39. The van der Waals surface area contributed by atoms with Crippen molar-refractivity contribution < 1.29 is 5.11 Å². The first kappa shape index (κ1) is 9.31. The van der Waals surface area contributed by atoms with Crippen molar-refractivity contribution in [1.82, 2.24) is 0 Å². The number of benzene rings is 1. The Balaban J connectivity index is 2.82. The van der Waals surface area contributed by atoms with Crippen LogP contribution in [-0.2, 0) is 0 Å². The quantitative estimate of drug-likeness (QED) is 0.766. The highest BCUT2D eigenvalue weighted by Crippen LogP contribution is 2.19. The molecule has 0 saturated carbocycles. The summed E-state index contributed by atoms with van der Waals surface area (Å²) in [5.74, 6) is 2.42. The van der Waals surface area contributed by atoms with Crippen LogP contribution in [0.15, 0.2) is 28.7 Å². The molecule has 0 radical (unpaired) electrons. The molecule has 1 rings (SSSR count).